The maximum Gasteiger partial charge on any atom is 0.310 e. The first-order valence-corrected chi connectivity index (χ1v) is 7.21. The number of hydrogen-bond acceptors (Lipinski definition) is 4. The monoisotopic (exact) mass is 289 g/mol. The van der Waals surface area contributed by atoms with Crippen LogP contribution in [0.15, 0.2) is 30.3 Å². The number of methoxy groups -OCH3 is 1. The van der Waals surface area contributed by atoms with E-state index in [1.165, 1.54) is 12.7 Å². The number of benzene rings is 1. The molecule has 1 amide bonds. The Labute approximate surface area is 123 Å². The summed E-state index contributed by atoms with van der Waals surface area (Å²) >= 11 is 0. The van der Waals surface area contributed by atoms with Gasteiger partial charge in [-0.1, -0.05) is 30.3 Å². The molecule has 0 N–H and O–H groups in total. The molecule has 5 nitrogen and oxygen atoms in total. The molecule has 0 radical (unpaired) electrons. The molecule has 0 aliphatic carbocycles. The number of carbonyl (C=O) groups is 2. The van der Waals surface area contributed by atoms with E-state index in [0.29, 0.717) is 19.7 Å². The van der Waals surface area contributed by atoms with Crippen LogP contribution in [-0.2, 0) is 25.5 Å². The van der Waals surface area contributed by atoms with Crippen LogP contribution in [0.5, 0.6) is 0 Å². The first-order valence-electron chi connectivity index (χ1n) is 7.21. The lowest BCUT2D eigenvalue weighted by molar-refractivity contribution is -0.146. The molecule has 21 heavy (non-hydrogen) atoms. The summed E-state index contributed by atoms with van der Waals surface area (Å²) in [5, 5.41) is 0. The number of epoxide rings is 1. The van der Waals surface area contributed by atoms with Crippen molar-refractivity contribution in [1.82, 2.24) is 4.90 Å². The third-order valence-corrected chi connectivity index (χ3v) is 4.21. The quantitative estimate of drug-likeness (QED) is 0.610. The SMILES string of the molecule is COC(=O)[C@@H]1CN(C(=O)C2CO2)C[C@H]1Cc1ccccc1. The number of likely N-dealkylation sites (tertiary alicyclic amines) is 1. The van der Waals surface area contributed by atoms with Gasteiger partial charge in [-0.25, -0.2) is 0 Å². The first-order chi connectivity index (χ1) is 10.2. The summed E-state index contributed by atoms with van der Waals surface area (Å²) in [6.07, 6.45) is 0.481. The highest BCUT2D eigenvalue weighted by Gasteiger charge is 2.44. The Morgan fingerprint density at radius 3 is 2.62 bits per heavy atom. The van der Waals surface area contributed by atoms with Gasteiger partial charge in [0.15, 0.2) is 6.10 Å². The van der Waals surface area contributed by atoms with Crippen LogP contribution in [0.25, 0.3) is 0 Å². The van der Waals surface area contributed by atoms with Crippen molar-refractivity contribution in [3.63, 3.8) is 0 Å². The Morgan fingerprint density at radius 1 is 1.29 bits per heavy atom. The predicted octanol–water partition coefficient (Wildman–Crippen LogP) is 0.875. The summed E-state index contributed by atoms with van der Waals surface area (Å²) in [5.74, 6) is -0.386. The molecule has 2 aliphatic rings. The van der Waals surface area contributed by atoms with Gasteiger partial charge in [0, 0.05) is 13.1 Å². The highest BCUT2D eigenvalue weighted by molar-refractivity contribution is 5.84. The summed E-state index contributed by atoms with van der Waals surface area (Å²) in [7, 11) is 1.40. The van der Waals surface area contributed by atoms with Crippen molar-refractivity contribution in [3.05, 3.63) is 35.9 Å². The third kappa shape index (κ3) is 3.08. The summed E-state index contributed by atoms with van der Waals surface area (Å²) < 4.78 is 9.95. The standard InChI is InChI=1S/C16H19NO4/c1-20-16(19)13-9-17(15(18)14-10-21-14)8-12(13)7-11-5-3-2-4-6-11/h2-6,12-14H,7-10H2,1H3/t12-,13-,14?/m1/s1. The van der Waals surface area contributed by atoms with Gasteiger partial charge in [-0.3, -0.25) is 9.59 Å². The van der Waals surface area contributed by atoms with Crippen LogP contribution in [0.3, 0.4) is 0 Å². The van der Waals surface area contributed by atoms with Crippen LogP contribution in [0, 0.1) is 11.8 Å². The topological polar surface area (TPSA) is 59.1 Å². The second-order valence-electron chi connectivity index (χ2n) is 5.64. The Morgan fingerprint density at radius 2 is 2.00 bits per heavy atom. The molecule has 0 saturated carbocycles. The van der Waals surface area contributed by atoms with Gasteiger partial charge in [0.2, 0.25) is 0 Å². The van der Waals surface area contributed by atoms with Crippen LogP contribution in [0.4, 0.5) is 0 Å². The predicted molar refractivity (Wildman–Crippen MR) is 75.5 cm³/mol. The van der Waals surface area contributed by atoms with Gasteiger partial charge < -0.3 is 14.4 Å². The second kappa shape index (κ2) is 5.85. The molecule has 0 spiro atoms. The van der Waals surface area contributed by atoms with E-state index in [4.69, 9.17) is 9.47 Å². The largest absolute Gasteiger partial charge is 0.469 e. The number of rotatable bonds is 4. The van der Waals surface area contributed by atoms with Crippen molar-refractivity contribution in [2.45, 2.75) is 12.5 Å². The lowest BCUT2D eigenvalue weighted by Crippen LogP contribution is -2.33. The zero-order valence-corrected chi connectivity index (χ0v) is 12.0. The van der Waals surface area contributed by atoms with Gasteiger partial charge in [0.25, 0.3) is 5.91 Å². The first kappa shape index (κ1) is 14.1. The van der Waals surface area contributed by atoms with Gasteiger partial charge in [0.1, 0.15) is 0 Å². The van der Waals surface area contributed by atoms with E-state index in [-0.39, 0.29) is 29.8 Å². The van der Waals surface area contributed by atoms with Gasteiger partial charge >= 0.3 is 5.97 Å². The molecule has 2 saturated heterocycles. The normalized spacial score (nSPS) is 27.5. The van der Waals surface area contributed by atoms with Crippen LogP contribution >= 0.6 is 0 Å². The van der Waals surface area contributed by atoms with E-state index in [1.807, 2.05) is 30.3 Å². The zero-order valence-electron chi connectivity index (χ0n) is 12.0. The van der Waals surface area contributed by atoms with E-state index in [9.17, 15) is 9.59 Å². The average Bonchev–Trinajstić information content (AvgIpc) is 3.28. The summed E-state index contributed by atoms with van der Waals surface area (Å²) in [6.45, 7) is 1.53. The van der Waals surface area contributed by atoms with Crippen molar-refractivity contribution in [1.29, 1.82) is 0 Å². The minimum absolute atomic E-state index is 0.000496. The maximum absolute atomic E-state index is 12.1. The smallest absolute Gasteiger partial charge is 0.310 e. The number of hydrogen-bond donors (Lipinski definition) is 0. The van der Waals surface area contributed by atoms with Crippen molar-refractivity contribution in [3.8, 4) is 0 Å². The van der Waals surface area contributed by atoms with Gasteiger partial charge in [-0.2, -0.15) is 0 Å². The molecule has 2 aliphatic heterocycles. The fraction of sp³-hybridized carbons (Fsp3) is 0.500. The lowest BCUT2D eigenvalue weighted by Gasteiger charge is -2.15. The van der Waals surface area contributed by atoms with E-state index in [0.717, 1.165) is 6.42 Å². The molecular weight excluding hydrogens is 270 g/mol. The van der Waals surface area contributed by atoms with Gasteiger partial charge in [-0.15, -0.1) is 0 Å². The van der Waals surface area contributed by atoms with E-state index < -0.39 is 0 Å². The third-order valence-electron chi connectivity index (χ3n) is 4.21. The maximum atomic E-state index is 12.1. The molecule has 1 aromatic rings. The van der Waals surface area contributed by atoms with E-state index in [1.54, 1.807) is 4.90 Å². The Kier molecular flexibility index (Phi) is 3.92. The molecule has 1 aromatic carbocycles. The molecular formula is C16H19NO4. The summed E-state index contributed by atoms with van der Waals surface area (Å²) in [4.78, 5) is 25.8. The molecule has 1 unspecified atom stereocenters. The van der Waals surface area contributed by atoms with Crippen LogP contribution in [0.2, 0.25) is 0 Å². The summed E-state index contributed by atoms with van der Waals surface area (Å²) in [6, 6.07) is 10.0. The average molecular weight is 289 g/mol. The van der Waals surface area contributed by atoms with E-state index >= 15 is 0 Å². The Bertz CT molecular complexity index is 526. The zero-order chi connectivity index (χ0) is 14.8. The van der Waals surface area contributed by atoms with Crippen LogP contribution < -0.4 is 0 Å². The molecule has 3 atom stereocenters. The van der Waals surface area contributed by atoms with Crippen LogP contribution in [-0.4, -0.2) is 49.7 Å². The fourth-order valence-electron chi connectivity index (χ4n) is 2.99. The molecule has 5 heteroatoms. The van der Waals surface area contributed by atoms with Gasteiger partial charge in [0.05, 0.1) is 19.6 Å². The highest BCUT2D eigenvalue weighted by atomic mass is 16.6. The van der Waals surface area contributed by atoms with Crippen molar-refractivity contribution >= 4 is 11.9 Å². The summed E-state index contributed by atoms with van der Waals surface area (Å²) in [5.41, 5.74) is 1.17. The molecule has 112 valence electrons. The molecule has 2 fully saturated rings. The number of esters is 1. The lowest BCUT2D eigenvalue weighted by atomic mass is 9.90. The van der Waals surface area contributed by atoms with Gasteiger partial charge in [-0.05, 0) is 17.9 Å². The minimum Gasteiger partial charge on any atom is -0.469 e. The Balaban J connectivity index is 1.72. The number of nitrogens with zero attached hydrogens (tertiary/aromatic N) is 1. The number of ether oxygens (including phenoxy) is 2. The fourth-order valence-corrected chi connectivity index (χ4v) is 2.99. The van der Waals surface area contributed by atoms with Crippen molar-refractivity contribution in [2.75, 3.05) is 26.8 Å². The minimum atomic E-state index is -0.293. The molecule has 0 bridgehead atoms. The van der Waals surface area contributed by atoms with E-state index in [2.05, 4.69) is 0 Å². The van der Waals surface area contributed by atoms with Crippen molar-refractivity contribution in [2.24, 2.45) is 11.8 Å². The molecule has 0 aromatic heterocycles. The molecule has 3 rings (SSSR count). The van der Waals surface area contributed by atoms with Crippen molar-refractivity contribution < 1.29 is 19.1 Å². The molecule has 2 heterocycles. The highest BCUT2D eigenvalue weighted by Crippen LogP contribution is 2.29. The number of carbonyl (C=O) groups excluding carboxylic acids is 2. The van der Waals surface area contributed by atoms with Crippen LogP contribution in [0.1, 0.15) is 5.56 Å². The second-order valence-corrected chi connectivity index (χ2v) is 5.64. The number of amides is 1. The Hall–Kier alpha value is -1.88.